The first-order chi connectivity index (χ1) is 15.5. The summed E-state index contributed by atoms with van der Waals surface area (Å²) < 4.78 is 14.3. The minimum Gasteiger partial charge on any atom is -0.368 e. The van der Waals surface area contributed by atoms with E-state index in [0.717, 1.165) is 25.1 Å². The molecule has 0 bridgehead atoms. The number of hydrogen-bond acceptors (Lipinski definition) is 4. The molecule has 0 unspecified atom stereocenters. The Balaban J connectivity index is 0.00000176. The molecule has 1 aliphatic rings. The lowest BCUT2D eigenvalue weighted by Gasteiger charge is -2.34. The Hall–Kier alpha value is -3.69. The zero-order valence-electron chi connectivity index (χ0n) is 18.3. The van der Waals surface area contributed by atoms with E-state index in [0.29, 0.717) is 17.8 Å². The number of benzene rings is 1. The van der Waals surface area contributed by atoms with E-state index in [4.69, 9.17) is 5.73 Å². The van der Waals surface area contributed by atoms with E-state index in [1.54, 1.807) is 30.3 Å². The Morgan fingerprint density at radius 3 is 2.62 bits per heavy atom. The third-order valence-electron chi connectivity index (χ3n) is 4.98. The molecule has 2 aromatic rings. The quantitative estimate of drug-likeness (QED) is 0.528. The molecule has 0 radical (unpaired) electrons. The van der Waals surface area contributed by atoms with Gasteiger partial charge in [0.2, 0.25) is 0 Å². The second-order valence-electron chi connectivity index (χ2n) is 7.20. The fraction of sp³-hybridized carbons (Fsp3) is 0.231. The zero-order valence-corrected chi connectivity index (χ0v) is 18.3. The van der Waals surface area contributed by atoms with Crippen molar-refractivity contribution >= 4 is 5.91 Å². The van der Waals surface area contributed by atoms with Gasteiger partial charge in [0.15, 0.2) is 0 Å². The lowest BCUT2D eigenvalue weighted by atomic mass is 10.1. The Bertz CT molecular complexity index is 1010. The van der Waals surface area contributed by atoms with Gasteiger partial charge in [0.25, 0.3) is 5.91 Å². The van der Waals surface area contributed by atoms with E-state index in [1.807, 2.05) is 25.1 Å². The summed E-state index contributed by atoms with van der Waals surface area (Å²) in [5.41, 5.74) is 8.43. The van der Waals surface area contributed by atoms with Crippen LogP contribution in [0.4, 0.5) is 4.39 Å². The number of rotatable bonds is 6. The van der Waals surface area contributed by atoms with Crippen LogP contribution in [0.1, 0.15) is 30.3 Å². The molecule has 1 aromatic heterocycles. The third-order valence-corrected chi connectivity index (χ3v) is 4.98. The van der Waals surface area contributed by atoms with E-state index in [2.05, 4.69) is 34.6 Å². The Labute approximate surface area is 189 Å². The van der Waals surface area contributed by atoms with Gasteiger partial charge in [0.05, 0.1) is 11.4 Å². The fourth-order valence-corrected chi connectivity index (χ4v) is 3.53. The van der Waals surface area contributed by atoms with E-state index >= 15 is 0 Å². The molecule has 1 aliphatic heterocycles. The van der Waals surface area contributed by atoms with Crippen LogP contribution < -0.4 is 11.1 Å². The van der Waals surface area contributed by atoms with Gasteiger partial charge >= 0.3 is 0 Å². The molecule has 0 spiro atoms. The number of piperidine rings is 1. The average molecular weight is 433 g/mol. The smallest absolute Gasteiger partial charge is 0.274 e. The number of terminal acetylenes is 1. The van der Waals surface area contributed by atoms with E-state index in [-0.39, 0.29) is 17.4 Å². The van der Waals surface area contributed by atoms with Crippen LogP contribution in [0.5, 0.6) is 0 Å². The van der Waals surface area contributed by atoms with Crippen LogP contribution in [0.15, 0.2) is 78.7 Å². The van der Waals surface area contributed by atoms with Crippen molar-refractivity contribution in [2.24, 2.45) is 5.73 Å². The molecule has 6 heteroatoms. The van der Waals surface area contributed by atoms with Gasteiger partial charge in [-0.1, -0.05) is 43.0 Å². The predicted octanol–water partition coefficient (Wildman–Crippen LogP) is 4.26. The number of amides is 1. The molecule has 3 rings (SSSR count). The molecule has 1 amide bonds. The zero-order chi connectivity index (χ0) is 23.5. The van der Waals surface area contributed by atoms with E-state index in [9.17, 15) is 9.18 Å². The molecular weight excluding hydrogens is 403 g/mol. The lowest BCUT2D eigenvalue weighted by molar-refractivity contribution is 0.0961. The largest absolute Gasteiger partial charge is 0.368 e. The van der Waals surface area contributed by atoms with Crippen LogP contribution in [0.2, 0.25) is 0 Å². The predicted molar refractivity (Wildman–Crippen MR) is 128 cm³/mol. The highest BCUT2D eigenvalue weighted by Crippen LogP contribution is 2.22. The molecule has 0 saturated carbocycles. The molecule has 1 saturated heterocycles. The van der Waals surface area contributed by atoms with Crippen molar-refractivity contribution in [1.29, 1.82) is 0 Å². The van der Waals surface area contributed by atoms with Gasteiger partial charge in [-0.25, -0.2) is 9.37 Å². The van der Waals surface area contributed by atoms with Crippen molar-refractivity contribution in [2.75, 3.05) is 13.1 Å². The van der Waals surface area contributed by atoms with Crippen LogP contribution in [0, 0.1) is 18.7 Å². The summed E-state index contributed by atoms with van der Waals surface area (Å²) in [7, 11) is 0. The maximum Gasteiger partial charge on any atom is 0.274 e. The van der Waals surface area contributed by atoms with Crippen LogP contribution in [-0.4, -0.2) is 34.9 Å². The summed E-state index contributed by atoms with van der Waals surface area (Å²) in [6.07, 6.45) is 15.4. The van der Waals surface area contributed by atoms with Gasteiger partial charge < -0.3 is 16.0 Å². The number of nitrogens with one attached hydrogen (secondary N) is 1. The number of nitrogens with zero attached hydrogens (tertiary/aromatic N) is 2. The summed E-state index contributed by atoms with van der Waals surface area (Å²) in [6, 6.07) is 11.7. The highest BCUT2D eigenvalue weighted by molar-refractivity contribution is 5.94. The fourth-order valence-electron chi connectivity index (χ4n) is 3.53. The van der Waals surface area contributed by atoms with Crippen molar-refractivity contribution in [2.45, 2.75) is 25.8 Å². The topological polar surface area (TPSA) is 71.2 Å². The number of aromatic nitrogens is 1. The molecular formula is C26H29FN4O. The molecule has 1 aromatic carbocycles. The number of carbonyl (C=O) groups is 1. The van der Waals surface area contributed by atoms with Crippen molar-refractivity contribution < 1.29 is 9.18 Å². The maximum absolute atomic E-state index is 14.3. The van der Waals surface area contributed by atoms with Gasteiger partial charge in [-0.3, -0.25) is 4.79 Å². The van der Waals surface area contributed by atoms with Crippen molar-refractivity contribution in [3.05, 3.63) is 90.2 Å². The summed E-state index contributed by atoms with van der Waals surface area (Å²) >= 11 is 0. The molecule has 2 heterocycles. The van der Waals surface area contributed by atoms with Crippen LogP contribution in [-0.2, 0) is 0 Å². The van der Waals surface area contributed by atoms with Crippen molar-refractivity contribution in [1.82, 2.24) is 15.2 Å². The highest BCUT2D eigenvalue weighted by atomic mass is 19.1. The molecule has 1 fully saturated rings. The van der Waals surface area contributed by atoms with Gasteiger partial charge in [-0.15, -0.1) is 12.8 Å². The molecule has 1 atom stereocenters. The van der Waals surface area contributed by atoms with E-state index < -0.39 is 11.7 Å². The summed E-state index contributed by atoms with van der Waals surface area (Å²) in [5.74, 6) is -0.903. The van der Waals surface area contributed by atoms with Crippen molar-refractivity contribution in [3.63, 3.8) is 0 Å². The normalized spacial score (nSPS) is 16.5. The Kier molecular flexibility index (Phi) is 9.40. The summed E-state index contributed by atoms with van der Waals surface area (Å²) in [6.45, 7) is 7.34. The third kappa shape index (κ3) is 6.16. The minimum absolute atomic E-state index is 0.0907. The van der Waals surface area contributed by atoms with Gasteiger partial charge in [0, 0.05) is 24.7 Å². The molecule has 32 heavy (non-hydrogen) atoms. The lowest BCUT2D eigenvalue weighted by Crippen LogP contribution is -2.43. The van der Waals surface area contributed by atoms with Crippen LogP contribution >= 0.6 is 0 Å². The minimum atomic E-state index is -0.478. The van der Waals surface area contributed by atoms with Crippen LogP contribution in [0.25, 0.3) is 11.3 Å². The highest BCUT2D eigenvalue weighted by Gasteiger charge is 2.21. The standard InChI is InChI=1S/C24H27FN4O.C2H2/c1-3-9-22(29-15-8-12-18(26)16-29)20(4-2)28-24(30)21-14-13-19(25)23(27-21)17-10-6-5-7-11-17;1-2/h3-7,9-11,13-14,18H,2,8,12,15-16,26H2,1H3,(H,28,30);1-2H/b9-3-,22-20-;/t18-;/m0./s1. The van der Waals surface area contributed by atoms with Gasteiger partial charge in [-0.2, -0.15) is 0 Å². The number of carbonyl (C=O) groups excluding carboxylic acids is 1. The molecule has 5 nitrogen and oxygen atoms in total. The van der Waals surface area contributed by atoms with Crippen molar-refractivity contribution in [3.8, 4) is 24.1 Å². The van der Waals surface area contributed by atoms with E-state index in [1.165, 1.54) is 12.1 Å². The number of hydrogen-bond donors (Lipinski definition) is 2. The Morgan fingerprint density at radius 1 is 1.28 bits per heavy atom. The number of allylic oxidation sites excluding steroid dienone is 3. The van der Waals surface area contributed by atoms with Crippen LogP contribution in [0.3, 0.4) is 0 Å². The van der Waals surface area contributed by atoms with Gasteiger partial charge in [0.1, 0.15) is 17.2 Å². The Morgan fingerprint density at radius 2 is 2.00 bits per heavy atom. The first-order valence-electron chi connectivity index (χ1n) is 10.4. The van der Waals surface area contributed by atoms with Gasteiger partial charge in [-0.05, 0) is 44.1 Å². The molecule has 0 aliphatic carbocycles. The number of halogens is 1. The second kappa shape index (κ2) is 12.2. The first-order valence-corrected chi connectivity index (χ1v) is 10.4. The monoisotopic (exact) mass is 432 g/mol. The average Bonchev–Trinajstić information content (AvgIpc) is 2.83. The first kappa shape index (κ1) is 24.6. The number of nitrogens with two attached hydrogens (primary N) is 1. The summed E-state index contributed by atoms with van der Waals surface area (Å²) in [5, 5.41) is 2.88. The number of pyridine rings is 1. The summed E-state index contributed by atoms with van der Waals surface area (Å²) in [4.78, 5) is 19.3. The SMILES string of the molecule is C#C.C=C/C(NC(=O)c1ccc(F)c(-c2ccccc2)n1)=C(\C=C/C)N1CCC[C@H](N)C1. The second-order valence-corrected chi connectivity index (χ2v) is 7.20. The molecule has 166 valence electrons. The molecule has 3 N–H and O–H groups in total. The maximum atomic E-state index is 14.3. The number of likely N-dealkylation sites (tertiary alicyclic amines) is 1.